The van der Waals surface area contributed by atoms with Crippen molar-refractivity contribution in [3.05, 3.63) is 64.2 Å². The SMILES string of the molecule is COC(=O)C(F)(F)c1ccc(C(C)=N)c(NCc2c(C)cccc2C#N)c1. The number of ether oxygens (including phenoxy) is 1. The van der Waals surface area contributed by atoms with Gasteiger partial charge < -0.3 is 15.5 Å². The molecule has 0 saturated heterocycles. The van der Waals surface area contributed by atoms with Crippen LogP contribution in [0.4, 0.5) is 14.5 Å². The van der Waals surface area contributed by atoms with E-state index >= 15 is 0 Å². The molecule has 0 bridgehead atoms. The van der Waals surface area contributed by atoms with E-state index in [9.17, 15) is 18.8 Å². The molecule has 0 radical (unpaired) electrons. The van der Waals surface area contributed by atoms with Gasteiger partial charge in [0.05, 0.1) is 18.7 Å². The van der Waals surface area contributed by atoms with Crippen LogP contribution < -0.4 is 5.32 Å². The molecule has 0 aliphatic heterocycles. The van der Waals surface area contributed by atoms with Crippen molar-refractivity contribution in [2.45, 2.75) is 26.3 Å². The van der Waals surface area contributed by atoms with Crippen LogP contribution in [-0.4, -0.2) is 18.8 Å². The first kappa shape index (κ1) is 20.0. The Balaban J connectivity index is 2.44. The van der Waals surface area contributed by atoms with Crippen molar-refractivity contribution >= 4 is 17.4 Å². The second-order valence-electron chi connectivity index (χ2n) is 6.02. The molecule has 0 heterocycles. The molecule has 140 valence electrons. The quantitative estimate of drug-likeness (QED) is 0.590. The number of carbonyl (C=O) groups is 1. The average molecular weight is 371 g/mol. The van der Waals surface area contributed by atoms with Gasteiger partial charge in [0.25, 0.3) is 0 Å². The molecule has 0 spiro atoms. The van der Waals surface area contributed by atoms with E-state index in [1.165, 1.54) is 13.0 Å². The Labute approximate surface area is 156 Å². The number of methoxy groups -OCH3 is 1. The minimum atomic E-state index is -3.81. The number of halogens is 2. The molecule has 0 aliphatic carbocycles. The molecular weight excluding hydrogens is 352 g/mol. The fourth-order valence-corrected chi connectivity index (χ4v) is 2.68. The lowest BCUT2D eigenvalue weighted by Gasteiger charge is -2.18. The molecule has 2 rings (SSSR count). The highest BCUT2D eigenvalue weighted by molar-refractivity contribution is 6.01. The highest BCUT2D eigenvalue weighted by atomic mass is 19.3. The number of carbonyl (C=O) groups excluding carboxylic acids is 1. The van der Waals surface area contributed by atoms with Crippen LogP contribution in [0.5, 0.6) is 0 Å². The molecular formula is C20H19F2N3O2. The van der Waals surface area contributed by atoms with Crippen LogP contribution >= 0.6 is 0 Å². The minimum Gasteiger partial charge on any atom is -0.464 e. The third-order valence-corrected chi connectivity index (χ3v) is 4.21. The Morgan fingerprint density at radius 1 is 1.33 bits per heavy atom. The van der Waals surface area contributed by atoms with Crippen molar-refractivity contribution in [3.63, 3.8) is 0 Å². The van der Waals surface area contributed by atoms with Crippen LogP contribution in [0.2, 0.25) is 0 Å². The smallest absolute Gasteiger partial charge is 0.381 e. The second kappa shape index (κ2) is 7.96. The van der Waals surface area contributed by atoms with Crippen LogP contribution in [0, 0.1) is 23.7 Å². The fourth-order valence-electron chi connectivity index (χ4n) is 2.68. The molecule has 0 saturated carbocycles. The summed E-state index contributed by atoms with van der Waals surface area (Å²) in [6.45, 7) is 3.60. The number of nitrogens with zero attached hydrogens (tertiary/aromatic N) is 1. The highest BCUT2D eigenvalue weighted by Crippen LogP contribution is 2.33. The maximum Gasteiger partial charge on any atom is 0.381 e. The van der Waals surface area contributed by atoms with E-state index in [1.807, 2.05) is 13.0 Å². The number of rotatable bonds is 6. The van der Waals surface area contributed by atoms with Gasteiger partial charge in [-0.1, -0.05) is 24.3 Å². The summed E-state index contributed by atoms with van der Waals surface area (Å²) in [6.07, 6.45) is 0. The zero-order valence-corrected chi connectivity index (χ0v) is 15.2. The predicted molar refractivity (Wildman–Crippen MR) is 98.1 cm³/mol. The van der Waals surface area contributed by atoms with Gasteiger partial charge in [-0.25, -0.2) is 4.79 Å². The molecule has 0 unspecified atom stereocenters. The molecule has 7 heteroatoms. The Bertz CT molecular complexity index is 933. The van der Waals surface area contributed by atoms with Gasteiger partial charge in [0.2, 0.25) is 0 Å². The summed E-state index contributed by atoms with van der Waals surface area (Å²) in [6, 6.07) is 11.0. The zero-order valence-electron chi connectivity index (χ0n) is 15.2. The number of nitriles is 1. The predicted octanol–water partition coefficient (Wildman–Crippen LogP) is 4.13. The van der Waals surface area contributed by atoms with Crippen molar-refractivity contribution < 1.29 is 18.3 Å². The summed E-state index contributed by atoms with van der Waals surface area (Å²) in [5.74, 6) is -5.46. The lowest BCUT2D eigenvalue weighted by molar-refractivity contribution is -0.170. The lowest BCUT2D eigenvalue weighted by atomic mass is 10.00. The maximum absolute atomic E-state index is 14.2. The lowest BCUT2D eigenvalue weighted by Crippen LogP contribution is -2.27. The van der Waals surface area contributed by atoms with Gasteiger partial charge in [-0.2, -0.15) is 14.0 Å². The Kier molecular flexibility index (Phi) is 5.91. The largest absolute Gasteiger partial charge is 0.464 e. The summed E-state index contributed by atoms with van der Waals surface area (Å²) < 4.78 is 32.6. The van der Waals surface area contributed by atoms with Crippen LogP contribution in [0.25, 0.3) is 0 Å². The number of aryl methyl sites for hydroxylation is 1. The van der Waals surface area contributed by atoms with Gasteiger partial charge in [0.1, 0.15) is 0 Å². The molecule has 0 aromatic heterocycles. The summed E-state index contributed by atoms with van der Waals surface area (Å²) >= 11 is 0. The first-order valence-corrected chi connectivity index (χ1v) is 8.11. The summed E-state index contributed by atoms with van der Waals surface area (Å²) in [7, 11) is 0.896. The van der Waals surface area contributed by atoms with E-state index in [1.54, 1.807) is 12.1 Å². The number of hydrogen-bond acceptors (Lipinski definition) is 5. The monoisotopic (exact) mass is 371 g/mol. The Morgan fingerprint density at radius 3 is 2.63 bits per heavy atom. The number of hydrogen-bond donors (Lipinski definition) is 2. The van der Waals surface area contributed by atoms with Gasteiger partial charge in [0, 0.05) is 29.1 Å². The number of anilines is 1. The first-order valence-electron chi connectivity index (χ1n) is 8.11. The Morgan fingerprint density at radius 2 is 2.04 bits per heavy atom. The first-order chi connectivity index (χ1) is 12.7. The van der Waals surface area contributed by atoms with E-state index in [-0.39, 0.29) is 17.9 Å². The van der Waals surface area contributed by atoms with E-state index in [0.29, 0.717) is 11.1 Å². The van der Waals surface area contributed by atoms with Gasteiger partial charge in [-0.05, 0) is 37.1 Å². The van der Waals surface area contributed by atoms with Crippen molar-refractivity contribution in [2.75, 3.05) is 12.4 Å². The zero-order chi connectivity index (χ0) is 20.2. The van der Waals surface area contributed by atoms with Crippen LogP contribution in [0.3, 0.4) is 0 Å². The average Bonchev–Trinajstić information content (AvgIpc) is 2.65. The van der Waals surface area contributed by atoms with Gasteiger partial charge in [-0.3, -0.25) is 0 Å². The second-order valence-corrected chi connectivity index (χ2v) is 6.02. The molecule has 2 aromatic rings. The molecule has 0 amide bonds. The summed E-state index contributed by atoms with van der Waals surface area (Å²) in [5, 5.41) is 20.1. The normalized spacial score (nSPS) is 10.8. The topological polar surface area (TPSA) is 86.0 Å². The maximum atomic E-state index is 14.2. The molecule has 2 aromatic carbocycles. The van der Waals surface area contributed by atoms with Crippen molar-refractivity contribution in [1.82, 2.24) is 0 Å². The van der Waals surface area contributed by atoms with E-state index < -0.39 is 17.5 Å². The third kappa shape index (κ3) is 4.11. The molecule has 0 fully saturated rings. The number of nitrogens with one attached hydrogen (secondary N) is 2. The fraction of sp³-hybridized carbons (Fsp3) is 0.250. The van der Waals surface area contributed by atoms with Crippen LogP contribution in [0.15, 0.2) is 36.4 Å². The molecule has 5 nitrogen and oxygen atoms in total. The Hall–Kier alpha value is -3.27. The molecule has 27 heavy (non-hydrogen) atoms. The standard InChI is InChI=1S/C20H19F2N3O2/c1-12-5-4-6-14(10-23)17(12)11-25-18-9-15(7-8-16(18)13(2)24)20(21,22)19(26)27-3/h4-9,24-25H,11H2,1-3H3. The van der Waals surface area contributed by atoms with Gasteiger partial charge in [-0.15, -0.1) is 0 Å². The summed E-state index contributed by atoms with van der Waals surface area (Å²) in [5.41, 5.74) is 2.43. The van der Waals surface area contributed by atoms with Gasteiger partial charge >= 0.3 is 11.9 Å². The van der Waals surface area contributed by atoms with E-state index in [4.69, 9.17) is 5.41 Å². The van der Waals surface area contributed by atoms with Crippen molar-refractivity contribution in [3.8, 4) is 6.07 Å². The summed E-state index contributed by atoms with van der Waals surface area (Å²) in [4.78, 5) is 11.4. The van der Waals surface area contributed by atoms with Crippen LogP contribution in [-0.2, 0) is 22.0 Å². The number of alkyl halides is 2. The van der Waals surface area contributed by atoms with E-state index in [2.05, 4.69) is 16.1 Å². The van der Waals surface area contributed by atoms with Crippen molar-refractivity contribution in [2.24, 2.45) is 0 Å². The molecule has 2 N–H and O–H groups in total. The van der Waals surface area contributed by atoms with E-state index in [0.717, 1.165) is 30.4 Å². The van der Waals surface area contributed by atoms with Gasteiger partial charge in [0.15, 0.2) is 0 Å². The van der Waals surface area contributed by atoms with Crippen molar-refractivity contribution in [1.29, 1.82) is 10.7 Å². The highest BCUT2D eigenvalue weighted by Gasteiger charge is 2.42. The van der Waals surface area contributed by atoms with Crippen LogP contribution in [0.1, 0.15) is 34.7 Å². The molecule has 0 atom stereocenters. The minimum absolute atomic E-state index is 0.177. The third-order valence-electron chi connectivity index (χ3n) is 4.21. The number of esters is 1. The molecule has 0 aliphatic rings. The number of benzene rings is 2.